The predicted molar refractivity (Wildman–Crippen MR) is 47.6 cm³/mol. The number of hydrogen-bond acceptors (Lipinski definition) is 3. The SMILES string of the molecule is CC(C)(C)c1nc(C#N)c(Br)o1. The standard InChI is InChI=1S/C8H9BrN2O/c1-8(2,3)7-11-5(4-10)6(9)12-7/h1-3H3. The van der Waals surface area contributed by atoms with Gasteiger partial charge >= 0.3 is 0 Å². The summed E-state index contributed by atoms with van der Waals surface area (Å²) in [5.74, 6) is 0.575. The zero-order valence-electron chi connectivity index (χ0n) is 7.18. The maximum absolute atomic E-state index is 8.59. The van der Waals surface area contributed by atoms with E-state index in [1.807, 2.05) is 26.8 Å². The highest BCUT2D eigenvalue weighted by atomic mass is 79.9. The second kappa shape index (κ2) is 2.91. The van der Waals surface area contributed by atoms with Crippen LogP contribution in [0.15, 0.2) is 9.09 Å². The van der Waals surface area contributed by atoms with Gasteiger partial charge in [0.2, 0.25) is 10.6 Å². The highest BCUT2D eigenvalue weighted by molar-refractivity contribution is 9.10. The number of rotatable bonds is 0. The minimum Gasteiger partial charge on any atom is -0.432 e. The highest BCUT2D eigenvalue weighted by Gasteiger charge is 2.22. The molecule has 0 atom stereocenters. The van der Waals surface area contributed by atoms with E-state index in [4.69, 9.17) is 9.68 Å². The Hall–Kier alpha value is -0.820. The van der Waals surface area contributed by atoms with Gasteiger partial charge in [0.1, 0.15) is 6.07 Å². The maximum Gasteiger partial charge on any atom is 0.207 e. The molecule has 0 saturated carbocycles. The fraction of sp³-hybridized carbons (Fsp3) is 0.500. The zero-order chi connectivity index (χ0) is 9.35. The van der Waals surface area contributed by atoms with Gasteiger partial charge in [0, 0.05) is 5.41 Å². The third-order valence-electron chi connectivity index (χ3n) is 1.33. The molecule has 12 heavy (non-hydrogen) atoms. The molecule has 3 nitrogen and oxygen atoms in total. The molecule has 0 aliphatic heterocycles. The summed E-state index contributed by atoms with van der Waals surface area (Å²) in [6.07, 6.45) is 0. The molecule has 0 aliphatic carbocycles. The van der Waals surface area contributed by atoms with Crippen molar-refractivity contribution in [2.75, 3.05) is 0 Å². The van der Waals surface area contributed by atoms with Gasteiger partial charge in [0.05, 0.1) is 0 Å². The lowest BCUT2D eigenvalue weighted by Gasteiger charge is -2.11. The van der Waals surface area contributed by atoms with Crippen LogP contribution in [0, 0.1) is 11.3 Å². The second-order valence-corrected chi connectivity index (χ2v) is 4.22. The Kier molecular flexibility index (Phi) is 2.25. The minimum absolute atomic E-state index is 0.155. The molecule has 0 radical (unpaired) electrons. The van der Waals surface area contributed by atoms with Crippen molar-refractivity contribution < 1.29 is 4.42 Å². The summed E-state index contributed by atoms with van der Waals surface area (Å²) in [4.78, 5) is 4.02. The molecule has 64 valence electrons. The molecule has 1 aromatic rings. The van der Waals surface area contributed by atoms with E-state index in [2.05, 4.69) is 20.9 Å². The summed E-state index contributed by atoms with van der Waals surface area (Å²) in [7, 11) is 0. The number of halogens is 1. The fourth-order valence-corrected chi connectivity index (χ4v) is 1.02. The van der Waals surface area contributed by atoms with Crippen LogP contribution in [0.1, 0.15) is 32.4 Å². The molecule has 1 rings (SSSR count). The van der Waals surface area contributed by atoms with E-state index in [0.717, 1.165) is 0 Å². The van der Waals surface area contributed by atoms with Crippen molar-refractivity contribution in [1.29, 1.82) is 5.26 Å². The molecule has 0 spiro atoms. The molecule has 1 heterocycles. The molecule has 0 aliphatic rings. The number of aromatic nitrogens is 1. The summed E-state index contributed by atoms with van der Waals surface area (Å²) in [6.45, 7) is 5.94. The number of hydrogen-bond donors (Lipinski definition) is 0. The van der Waals surface area contributed by atoms with E-state index in [-0.39, 0.29) is 5.41 Å². The van der Waals surface area contributed by atoms with Gasteiger partial charge in [-0.2, -0.15) is 5.26 Å². The molecule has 0 aromatic carbocycles. The normalized spacial score (nSPS) is 11.2. The smallest absolute Gasteiger partial charge is 0.207 e. The first-order valence-electron chi connectivity index (χ1n) is 3.52. The van der Waals surface area contributed by atoms with Gasteiger partial charge in [0.15, 0.2) is 5.69 Å². The molecule has 0 unspecified atom stereocenters. The van der Waals surface area contributed by atoms with E-state index in [0.29, 0.717) is 16.3 Å². The van der Waals surface area contributed by atoms with E-state index in [1.54, 1.807) is 0 Å². The Morgan fingerprint density at radius 1 is 1.50 bits per heavy atom. The fourth-order valence-electron chi connectivity index (χ4n) is 0.691. The third-order valence-corrected chi connectivity index (χ3v) is 1.87. The minimum atomic E-state index is -0.155. The first-order chi connectivity index (χ1) is 5.45. The van der Waals surface area contributed by atoms with Crippen LogP contribution in [-0.4, -0.2) is 4.98 Å². The van der Waals surface area contributed by atoms with Crippen LogP contribution in [0.4, 0.5) is 0 Å². The zero-order valence-corrected chi connectivity index (χ0v) is 8.77. The van der Waals surface area contributed by atoms with Crippen LogP contribution in [0.2, 0.25) is 0 Å². The lowest BCUT2D eigenvalue weighted by molar-refractivity contribution is 0.382. The monoisotopic (exact) mass is 228 g/mol. The Morgan fingerprint density at radius 3 is 2.33 bits per heavy atom. The average Bonchev–Trinajstić information content (AvgIpc) is 2.29. The van der Waals surface area contributed by atoms with Gasteiger partial charge in [-0.05, 0) is 15.9 Å². The topological polar surface area (TPSA) is 49.8 Å². The van der Waals surface area contributed by atoms with E-state index in [9.17, 15) is 0 Å². The summed E-state index contributed by atoms with van der Waals surface area (Å²) in [5, 5.41) is 8.59. The average molecular weight is 229 g/mol. The molecule has 4 heteroatoms. The third kappa shape index (κ3) is 1.67. The second-order valence-electron chi connectivity index (χ2n) is 3.50. The highest BCUT2D eigenvalue weighted by Crippen LogP contribution is 2.26. The van der Waals surface area contributed by atoms with Gasteiger partial charge in [-0.25, -0.2) is 4.98 Å². The van der Waals surface area contributed by atoms with Gasteiger partial charge < -0.3 is 4.42 Å². The lowest BCUT2D eigenvalue weighted by atomic mass is 9.97. The number of nitriles is 1. The summed E-state index contributed by atoms with van der Waals surface area (Å²) in [5.41, 5.74) is 0.150. The van der Waals surface area contributed by atoms with Crippen molar-refractivity contribution in [3.05, 3.63) is 16.3 Å². The molecular weight excluding hydrogens is 220 g/mol. The van der Waals surface area contributed by atoms with E-state index < -0.39 is 0 Å². The predicted octanol–water partition coefficient (Wildman–Crippen LogP) is 2.61. The quantitative estimate of drug-likeness (QED) is 0.686. The van der Waals surface area contributed by atoms with Crippen LogP contribution in [0.5, 0.6) is 0 Å². The van der Waals surface area contributed by atoms with Crippen molar-refractivity contribution in [3.63, 3.8) is 0 Å². The van der Waals surface area contributed by atoms with E-state index >= 15 is 0 Å². The summed E-state index contributed by atoms with van der Waals surface area (Å²) >= 11 is 3.12. The molecule has 0 saturated heterocycles. The molecule has 0 fully saturated rings. The van der Waals surface area contributed by atoms with Crippen molar-refractivity contribution in [1.82, 2.24) is 4.98 Å². The molecular formula is C8H9BrN2O. The Labute approximate surface area is 79.5 Å². The van der Waals surface area contributed by atoms with Crippen LogP contribution in [0.3, 0.4) is 0 Å². The number of nitrogens with zero attached hydrogens (tertiary/aromatic N) is 2. The first-order valence-corrected chi connectivity index (χ1v) is 4.31. The largest absolute Gasteiger partial charge is 0.432 e. The van der Waals surface area contributed by atoms with Crippen molar-refractivity contribution in [3.8, 4) is 6.07 Å². The first kappa shape index (κ1) is 9.27. The Balaban J connectivity index is 3.16. The van der Waals surface area contributed by atoms with Crippen LogP contribution in [-0.2, 0) is 5.41 Å². The number of oxazole rings is 1. The Bertz CT molecular complexity index is 330. The van der Waals surface area contributed by atoms with Gasteiger partial charge in [0.25, 0.3) is 0 Å². The van der Waals surface area contributed by atoms with Crippen molar-refractivity contribution in [2.45, 2.75) is 26.2 Å². The molecule has 0 amide bonds. The van der Waals surface area contributed by atoms with Crippen LogP contribution < -0.4 is 0 Å². The molecule has 0 bridgehead atoms. The van der Waals surface area contributed by atoms with Crippen LogP contribution in [0.25, 0.3) is 0 Å². The van der Waals surface area contributed by atoms with Crippen LogP contribution >= 0.6 is 15.9 Å². The van der Waals surface area contributed by atoms with Gasteiger partial charge in [-0.3, -0.25) is 0 Å². The molecule has 1 aromatic heterocycles. The van der Waals surface area contributed by atoms with Gasteiger partial charge in [-0.1, -0.05) is 20.8 Å². The maximum atomic E-state index is 8.59. The van der Waals surface area contributed by atoms with Crippen molar-refractivity contribution >= 4 is 15.9 Å². The van der Waals surface area contributed by atoms with E-state index in [1.165, 1.54) is 0 Å². The molecule has 0 N–H and O–H groups in total. The summed E-state index contributed by atoms with van der Waals surface area (Å²) in [6, 6.07) is 1.94. The Morgan fingerprint density at radius 2 is 2.08 bits per heavy atom. The van der Waals surface area contributed by atoms with Gasteiger partial charge in [-0.15, -0.1) is 0 Å². The summed E-state index contributed by atoms with van der Waals surface area (Å²) < 4.78 is 5.66. The van der Waals surface area contributed by atoms with Crippen molar-refractivity contribution in [2.24, 2.45) is 0 Å². The lowest BCUT2D eigenvalue weighted by Crippen LogP contribution is -2.11.